The molecule has 0 spiro atoms. The van der Waals surface area contributed by atoms with Crippen LogP contribution in [-0.4, -0.2) is 70.5 Å². The minimum Gasteiger partial charge on any atom is -0.503 e. The van der Waals surface area contributed by atoms with Gasteiger partial charge in [0.15, 0.2) is 22.9 Å². The maximum atomic E-state index is 13.8. The summed E-state index contributed by atoms with van der Waals surface area (Å²) in [6.07, 6.45) is 3.64. The lowest BCUT2D eigenvalue weighted by atomic mass is 9.93. The SMILES string of the molecule is CCOC(=O)N1CCC(N2C(=O)C(O)=C(C(=O)c3cc4cc(Cl)cc(OC)c4o3)C2c2ccncc2)CC1. The number of hydrogen-bond acceptors (Lipinski definition) is 8. The molecule has 0 radical (unpaired) electrons. The van der Waals surface area contributed by atoms with E-state index in [1.165, 1.54) is 18.1 Å². The van der Waals surface area contributed by atoms with E-state index in [9.17, 15) is 19.5 Å². The molecule has 1 fully saturated rings. The third kappa shape index (κ3) is 4.45. The van der Waals surface area contributed by atoms with Crippen molar-refractivity contribution in [1.29, 1.82) is 0 Å². The number of hydrogen-bond donors (Lipinski definition) is 1. The van der Waals surface area contributed by atoms with E-state index in [-0.39, 0.29) is 24.0 Å². The minimum atomic E-state index is -0.865. The van der Waals surface area contributed by atoms with Crippen molar-refractivity contribution in [3.63, 3.8) is 0 Å². The standard InChI is InChI=1S/C27H26ClN3O7/c1-3-37-27(35)30-10-6-18(7-11-30)31-22(15-4-8-29-9-5-15)21(24(33)26(31)34)23(32)19-13-16-12-17(28)14-20(36-2)25(16)38-19/h4-5,8-9,12-14,18,22,33H,3,6-7,10-11H2,1-2H3. The Morgan fingerprint density at radius 3 is 2.55 bits per heavy atom. The highest BCUT2D eigenvalue weighted by molar-refractivity contribution is 6.31. The van der Waals surface area contributed by atoms with Crippen LogP contribution in [0.25, 0.3) is 11.0 Å². The normalized spacial score (nSPS) is 18.4. The number of rotatable bonds is 6. The maximum absolute atomic E-state index is 13.8. The van der Waals surface area contributed by atoms with Gasteiger partial charge in [0.25, 0.3) is 5.91 Å². The number of pyridine rings is 1. The van der Waals surface area contributed by atoms with Gasteiger partial charge in [-0.1, -0.05) is 11.6 Å². The summed E-state index contributed by atoms with van der Waals surface area (Å²) in [5, 5.41) is 12.0. The van der Waals surface area contributed by atoms with E-state index < -0.39 is 29.6 Å². The lowest BCUT2D eigenvalue weighted by molar-refractivity contribution is -0.132. The molecule has 1 aromatic carbocycles. The number of aromatic nitrogens is 1. The average Bonchev–Trinajstić information content (AvgIpc) is 3.47. The number of aliphatic hydroxyl groups excluding tert-OH is 1. The van der Waals surface area contributed by atoms with Crippen molar-refractivity contribution >= 4 is 40.4 Å². The average molecular weight is 540 g/mol. The van der Waals surface area contributed by atoms with Crippen LogP contribution in [0.3, 0.4) is 0 Å². The Hall–Kier alpha value is -4.05. The van der Waals surface area contributed by atoms with Crippen molar-refractivity contribution in [3.8, 4) is 5.75 Å². The second-order valence-electron chi connectivity index (χ2n) is 9.04. The molecule has 1 N–H and O–H groups in total. The van der Waals surface area contributed by atoms with Crippen LogP contribution in [0.1, 0.15) is 41.9 Å². The number of Topliss-reactive ketones (excluding diaryl/α,β-unsaturated/α-hetero) is 1. The molecular weight excluding hydrogens is 514 g/mol. The largest absolute Gasteiger partial charge is 0.503 e. The van der Waals surface area contributed by atoms with E-state index in [0.29, 0.717) is 53.2 Å². The number of furan rings is 1. The second-order valence-corrected chi connectivity index (χ2v) is 9.48. The number of nitrogens with zero attached hydrogens (tertiary/aromatic N) is 3. The fourth-order valence-electron chi connectivity index (χ4n) is 5.13. The number of fused-ring (bicyclic) bond motifs is 1. The Kier molecular flexibility index (Phi) is 6.98. The fraction of sp³-hybridized carbons (Fsp3) is 0.333. The van der Waals surface area contributed by atoms with Gasteiger partial charge in [0.1, 0.15) is 0 Å². The molecule has 2 aliphatic heterocycles. The molecule has 1 saturated heterocycles. The summed E-state index contributed by atoms with van der Waals surface area (Å²) in [6, 6.07) is 6.93. The summed E-state index contributed by atoms with van der Waals surface area (Å²) in [7, 11) is 1.46. The number of methoxy groups -OCH3 is 1. The van der Waals surface area contributed by atoms with E-state index in [0.717, 1.165) is 0 Å². The lowest BCUT2D eigenvalue weighted by Gasteiger charge is -2.39. The summed E-state index contributed by atoms with van der Waals surface area (Å²) in [6.45, 7) is 2.78. The monoisotopic (exact) mass is 539 g/mol. The van der Waals surface area contributed by atoms with Crippen molar-refractivity contribution in [1.82, 2.24) is 14.8 Å². The number of piperidine rings is 1. The number of aliphatic hydroxyl groups is 1. The van der Waals surface area contributed by atoms with Gasteiger partial charge in [-0.25, -0.2) is 4.79 Å². The lowest BCUT2D eigenvalue weighted by Crippen LogP contribution is -2.48. The van der Waals surface area contributed by atoms with Crippen molar-refractivity contribution in [3.05, 3.63) is 70.4 Å². The number of halogens is 1. The van der Waals surface area contributed by atoms with Gasteiger partial charge in [-0.15, -0.1) is 0 Å². The van der Waals surface area contributed by atoms with Crippen LogP contribution in [0.5, 0.6) is 5.75 Å². The van der Waals surface area contributed by atoms with Crippen molar-refractivity contribution < 1.29 is 33.4 Å². The van der Waals surface area contributed by atoms with Crippen molar-refractivity contribution in [2.45, 2.75) is 31.8 Å². The number of benzene rings is 1. The summed E-state index contributed by atoms with van der Waals surface area (Å²) < 4.78 is 16.3. The Morgan fingerprint density at radius 2 is 1.89 bits per heavy atom. The Labute approximate surface area is 223 Å². The zero-order valence-electron chi connectivity index (χ0n) is 20.8. The number of carbonyl (C=O) groups is 3. The predicted octanol–water partition coefficient (Wildman–Crippen LogP) is 4.69. The van der Waals surface area contributed by atoms with Gasteiger partial charge >= 0.3 is 6.09 Å². The molecule has 2 aromatic heterocycles. The first-order valence-electron chi connectivity index (χ1n) is 12.2. The van der Waals surface area contributed by atoms with Gasteiger partial charge in [0, 0.05) is 48.0 Å². The molecule has 2 aliphatic rings. The van der Waals surface area contributed by atoms with E-state index in [1.807, 2.05) is 0 Å². The maximum Gasteiger partial charge on any atom is 0.409 e. The molecule has 1 atom stereocenters. The fourth-order valence-corrected chi connectivity index (χ4v) is 5.34. The highest BCUT2D eigenvalue weighted by Crippen LogP contribution is 2.43. The number of amides is 2. The van der Waals surface area contributed by atoms with Crippen molar-refractivity contribution in [2.75, 3.05) is 26.8 Å². The van der Waals surface area contributed by atoms with Crippen LogP contribution in [0.4, 0.5) is 4.79 Å². The van der Waals surface area contributed by atoms with Gasteiger partial charge in [0.2, 0.25) is 5.78 Å². The van der Waals surface area contributed by atoms with Gasteiger partial charge in [-0.2, -0.15) is 0 Å². The molecule has 10 nitrogen and oxygen atoms in total. The molecular formula is C27H26ClN3O7. The summed E-state index contributed by atoms with van der Waals surface area (Å²) >= 11 is 6.17. The van der Waals surface area contributed by atoms with E-state index in [2.05, 4.69) is 4.98 Å². The van der Waals surface area contributed by atoms with Crippen molar-refractivity contribution in [2.24, 2.45) is 0 Å². The molecule has 3 aromatic rings. The van der Waals surface area contributed by atoms with Crippen LogP contribution >= 0.6 is 11.6 Å². The highest BCUT2D eigenvalue weighted by Gasteiger charge is 2.48. The predicted molar refractivity (Wildman–Crippen MR) is 137 cm³/mol. The van der Waals surface area contributed by atoms with Gasteiger partial charge in [-0.3, -0.25) is 14.6 Å². The summed E-state index contributed by atoms with van der Waals surface area (Å²) in [5.74, 6) is -1.61. The minimum absolute atomic E-state index is 0.0621. The molecule has 198 valence electrons. The molecule has 4 heterocycles. The highest BCUT2D eigenvalue weighted by atomic mass is 35.5. The van der Waals surface area contributed by atoms with Gasteiger partial charge in [0.05, 0.1) is 25.3 Å². The molecule has 0 saturated carbocycles. The molecule has 0 aliphatic carbocycles. The smallest absolute Gasteiger partial charge is 0.409 e. The summed E-state index contributed by atoms with van der Waals surface area (Å²) in [4.78, 5) is 46.6. The first-order valence-corrected chi connectivity index (χ1v) is 12.6. The number of carbonyl (C=O) groups excluding carboxylic acids is 3. The van der Waals surface area contributed by atoms with Gasteiger partial charge in [-0.05, 0) is 49.6 Å². The number of ketones is 1. The van der Waals surface area contributed by atoms with E-state index >= 15 is 0 Å². The van der Waals surface area contributed by atoms with E-state index in [1.54, 1.807) is 48.5 Å². The van der Waals surface area contributed by atoms with Crippen LogP contribution in [-0.2, 0) is 9.53 Å². The van der Waals surface area contributed by atoms with Gasteiger partial charge < -0.3 is 28.8 Å². The van der Waals surface area contributed by atoms with Crippen LogP contribution in [0.15, 0.2) is 58.5 Å². The Morgan fingerprint density at radius 1 is 1.18 bits per heavy atom. The summed E-state index contributed by atoms with van der Waals surface area (Å²) in [5.41, 5.74) is 0.858. The topological polar surface area (TPSA) is 122 Å². The molecule has 38 heavy (non-hydrogen) atoms. The molecule has 2 amide bonds. The first-order chi connectivity index (χ1) is 18.3. The molecule has 0 bridgehead atoms. The molecule has 1 unspecified atom stereocenters. The zero-order chi connectivity index (χ0) is 27.0. The van der Waals surface area contributed by atoms with Crippen LogP contribution in [0, 0.1) is 0 Å². The first kappa shape index (κ1) is 25.6. The second kappa shape index (κ2) is 10.4. The van der Waals surface area contributed by atoms with E-state index in [4.69, 9.17) is 25.5 Å². The zero-order valence-corrected chi connectivity index (χ0v) is 21.6. The Bertz CT molecular complexity index is 1430. The Balaban J connectivity index is 1.51. The quantitative estimate of drug-likeness (QED) is 0.448. The molecule has 11 heteroatoms. The third-order valence-electron chi connectivity index (χ3n) is 6.88. The number of ether oxygens (including phenoxy) is 2. The number of likely N-dealkylation sites (tertiary alicyclic amines) is 1. The van der Waals surface area contributed by atoms with Crippen LogP contribution < -0.4 is 4.74 Å². The molecule has 5 rings (SSSR count). The van der Waals surface area contributed by atoms with Crippen LogP contribution in [0.2, 0.25) is 5.02 Å². The third-order valence-corrected chi connectivity index (χ3v) is 7.10.